The Hall–Kier alpha value is -1.87. The Kier molecular flexibility index (Phi) is 3.20. The van der Waals surface area contributed by atoms with Crippen LogP contribution in [0.1, 0.15) is 11.6 Å². The predicted molar refractivity (Wildman–Crippen MR) is 48.8 cm³/mol. The second-order valence-electron chi connectivity index (χ2n) is 2.80. The van der Waals surface area contributed by atoms with Crippen LogP contribution in [0.15, 0.2) is 12.4 Å². The third-order valence-electron chi connectivity index (χ3n) is 1.71. The molecule has 1 heterocycles. The molecule has 1 rings (SSSR count). The van der Waals surface area contributed by atoms with Gasteiger partial charge < -0.3 is 11.1 Å². The molecule has 3 N–H and O–H groups in total. The van der Waals surface area contributed by atoms with Gasteiger partial charge in [-0.2, -0.15) is 10.4 Å². The van der Waals surface area contributed by atoms with Crippen molar-refractivity contribution in [2.24, 2.45) is 12.8 Å². The Bertz CT molecular complexity index is 364. The molecule has 0 aromatic carbocycles. The van der Waals surface area contributed by atoms with E-state index in [-0.39, 0.29) is 12.5 Å². The Balaban J connectivity index is 2.62. The van der Waals surface area contributed by atoms with Crippen LogP contribution in [-0.2, 0) is 11.8 Å². The van der Waals surface area contributed by atoms with Crippen LogP contribution in [0.4, 0.5) is 0 Å². The molecule has 74 valence electrons. The van der Waals surface area contributed by atoms with Crippen LogP contribution >= 0.6 is 0 Å². The van der Waals surface area contributed by atoms with Crippen molar-refractivity contribution in [3.8, 4) is 6.07 Å². The van der Waals surface area contributed by atoms with E-state index in [0.29, 0.717) is 5.56 Å². The first-order valence-electron chi connectivity index (χ1n) is 4.04. The monoisotopic (exact) mass is 193 g/mol. The quantitative estimate of drug-likeness (QED) is 0.605. The zero-order valence-corrected chi connectivity index (χ0v) is 7.77. The molecule has 1 unspecified atom stereocenters. The first-order valence-corrected chi connectivity index (χ1v) is 4.04. The van der Waals surface area contributed by atoms with Gasteiger partial charge in [0.1, 0.15) is 12.6 Å². The number of hydrogen-bond acceptors (Lipinski definition) is 4. The van der Waals surface area contributed by atoms with E-state index in [0.717, 1.165) is 0 Å². The van der Waals surface area contributed by atoms with E-state index < -0.39 is 6.04 Å². The maximum absolute atomic E-state index is 11.3. The molecule has 1 aromatic rings. The Labute approximate surface area is 81.3 Å². The summed E-state index contributed by atoms with van der Waals surface area (Å²) in [5.41, 5.74) is 6.25. The minimum atomic E-state index is -0.767. The molecule has 14 heavy (non-hydrogen) atoms. The molecule has 1 aromatic heterocycles. The molecule has 0 saturated heterocycles. The predicted octanol–water partition coefficient (Wildman–Crippen LogP) is -0.940. The molecule has 0 bridgehead atoms. The topological polar surface area (TPSA) is 96.7 Å². The van der Waals surface area contributed by atoms with Gasteiger partial charge in [-0.1, -0.05) is 0 Å². The molecule has 0 radical (unpaired) electrons. The van der Waals surface area contributed by atoms with E-state index >= 15 is 0 Å². The van der Waals surface area contributed by atoms with E-state index in [4.69, 9.17) is 11.0 Å². The highest BCUT2D eigenvalue weighted by atomic mass is 16.2. The highest BCUT2D eigenvalue weighted by Gasteiger charge is 2.16. The van der Waals surface area contributed by atoms with Crippen molar-refractivity contribution in [2.45, 2.75) is 6.04 Å². The summed E-state index contributed by atoms with van der Waals surface area (Å²) in [5, 5.41) is 14.5. The number of nitrogens with zero attached hydrogens (tertiary/aromatic N) is 3. The third-order valence-corrected chi connectivity index (χ3v) is 1.71. The molecule has 6 nitrogen and oxygen atoms in total. The van der Waals surface area contributed by atoms with E-state index in [1.165, 1.54) is 6.20 Å². The van der Waals surface area contributed by atoms with Crippen LogP contribution in [-0.4, -0.2) is 22.2 Å². The average molecular weight is 193 g/mol. The maximum atomic E-state index is 11.3. The maximum Gasteiger partial charge on any atom is 0.242 e. The number of nitriles is 1. The van der Waals surface area contributed by atoms with E-state index in [1.54, 1.807) is 24.0 Å². The molecular weight excluding hydrogens is 182 g/mol. The molecular formula is C8H11N5O. The largest absolute Gasteiger partial charge is 0.341 e. The van der Waals surface area contributed by atoms with Crippen LogP contribution in [0.25, 0.3) is 0 Å². The zero-order chi connectivity index (χ0) is 10.6. The summed E-state index contributed by atoms with van der Waals surface area (Å²) in [5.74, 6) is -0.375. The van der Waals surface area contributed by atoms with Crippen LogP contribution in [0.5, 0.6) is 0 Å². The van der Waals surface area contributed by atoms with E-state index in [9.17, 15) is 4.79 Å². The fraction of sp³-hybridized carbons (Fsp3) is 0.375. The zero-order valence-electron chi connectivity index (χ0n) is 7.77. The Morgan fingerprint density at radius 1 is 1.93 bits per heavy atom. The van der Waals surface area contributed by atoms with Gasteiger partial charge in [0.15, 0.2) is 0 Å². The van der Waals surface area contributed by atoms with Gasteiger partial charge in [-0.3, -0.25) is 9.48 Å². The normalized spacial score (nSPS) is 11.8. The number of rotatable bonds is 3. The summed E-state index contributed by atoms with van der Waals surface area (Å²) >= 11 is 0. The van der Waals surface area contributed by atoms with Gasteiger partial charge >= 0.3 is 0 Å². The lowest BCUT2D eigenvalue weighted by Crippen LogP contribution is -2.34. The van der Waals surface area contributed by atoms with Gasteiger partial charge in [0.2, 0.25) is 5.91 Å². The molecule has 0 fully saturated rings. The fourth-order valence-corrected chi connectivity index (χ4v) is 0.989. The van der Waals surface area contributed by atoms with Gasteiger partial charge in [0.25, 0.3) is 0 Å². The molecule has 1 amide bonds. The molecule has 0 saturated carbocycles. The standard InChI is InChI=1S/C8H11N5O/c1-13-5-6(4-12-13)7(10)8(14)11-3-2-9/h4-5,7H,3,10H2,1H3,(H,11,14). The molecule has 0 aliphatic heterocycles. The summed E-state index contributed by atoms with van der Waals surface area (Å²) in [7, 11) is 1.74. The van der Waals surface area contributed by atoms with Crippen molar-refractivity contribution in [2.75, 3.05) is 6.54 Å². The van der Waals surface area contributed by atoms with Gasteiger partial charge in [-0.15, -0.1) is 0 Å². The summed E-state index contributed by atoms with van der Waals surface area (Å²) in [6.45, 7) is -0.0349. The van der Waals surface area contributed by atoms with Crippen molar-refractivity contribution < 1.29 is 4.79 Å². The minimum absolute atomic E-state index is 0.0349. The smallest absolute Gasteiger partial charge is 0.242 e. The first-order chi connectivity index (χ1) is 6.65. The molecule has 6 heteroatoms. The molecule has 0 aliphatic rings. The van der Waals surface area contributed by atoms with Crippen molar-refractivity contribution in [3.05, 3.63) is 18.0 Å². The molecule has 1 atom stereocenters. The van der Waals surface area contributed by atoms with Gasteiger partial charge in [-0.25, -0.2) is 0 Å². The van der Waals surface area contributed by atoms with Crippen molar-refractivity contribution >= 4 is 5.91 Å². The van der Waals surface area contributed by atoms with Crippen LogP contribution in [0, 0.1) is 11.3 Å². The third kappa shape index (κ3) is 2.31. The first kappa shape index (κ1) is 10.2. The highest BCUT2D eigenvalue weighted by Crippen LogP contribution is 2.07. The number of hydrogen-bond donors (Lipinski definition) is 2. The van der Waals surface area contributed by atoms with E-state index in [1.807, 2.05) is 0 Å². The van der Waals surface area contributed by atoms with Crippen molar-refractivity contribution in [3.63, 3.8) is 0 Å². The Morgan fingerprint density at radius 3 is 3.14 bits per heavy atom. The van der Waals surface area contributed by atoms with Gasteiger partial charge in [0.05, 0.1) is 12.3 Å². The second-order valence-corrected chi connectivity index (χ2v) is 2.80. The minimum Gasteiger partial charge on any atom is -0.341 e. The number of carbonyl (C=O) groups excluding carboxylic acids is 1. The number of aromatic nitrogens is 2. The summed E-state index contributed by atoms with van der Waals surface area (Å²) in [6, 6.07) is 1.04. The average Bonchev–Trinajstić information content (AvgIpc) is 2.60. The molecule has 0 aliphatic carbocycles. The van der Waals surface area contributed by atoms with Gasteiger partial charge in [-0.05, 0) is 0 Å². The van der Waals surface area contributed by atoms with Crippen molar-refractivity contribution in [1.82, 2.24) is 15.1 Å². The fourth-order valence-electron chi connectivity index (χ4n) is 0.989. The van der Waals surface area contributed by atoms with Crippen LogP contribution in [0.3, 0.4) is 0 Å². The van der Waals surface area contributed by atoms with Crippen molar-refractivity contribution in [1.29, 1.82) is 5.26 Å². The number of carbonyl (C=O) groups is 1. The highest BCUT2D eigenvalue weighted by molar-refractivity contribution is 5.82. The molecule has 0 spiro atoms. The second kappa shape index (κ2) is 4.39. The van der Waals surface area contributed by atoms with Gasteiger partial charge in [0, 0.05) is 18.8 Å². The SMILES string of the molecule is Cn1cc(C(N)C(=O)NCC#N)cn1. The lowest BCUT2D eigenvalue weighted by molar-refractivity contribution is -0.122. The lowest BCUT2D eigenvalue weighted by Gasteiger charge is -2.07. The number of aryl methyl sites for hydroxylation is 1. The van der Waals surface area contributed by atoms with E-state index in [2.05, 4.69) is 10.4 Å². The van der Waals surface area contributed by atoms with Crippen LogP contribution < -0.4 is 11.1 Å². The Morgan fingerprint density at radius 2 is 2.64 bits per heavy atom. The number of nitrogens with two attached hydrogens (primary N) is 1. The van der Waals surface area contributed by atoms with Crippen LogP contribution in [0.2, 0.25) is 0 Å². The summed E-state index contributed by atoms with van der Waals surface area (Å²) < 4.78 is 1.56. The summed E-state index contributed by atoms with van der Waals surface area (Å²) in [6.07, 6.45) is 3.19. The lowest BCUT2D eigenvalue weighted by atomic mass is 10.1. The number of amides is 1. The number of nitrogens with one attached hydrogen (secondary N) is 1. The summed E-state index contributed by atoms with van der Waals surface area (Å²) in [4.78, 5) is 11.3.